The van der Waals surface area contributed by atoms with Gasteiger partial charge in [-0.05, 0) is 32.1 Å². The van der Waals surface area contributed by atoms with Gasteiger partial charge in [0.05, 0.1) is 11.8 Å². The smallest absolute Gasteiger partial charge is 0.310 e. The number of ether oxygens (including phenoxy) is 1. The van der Waals surface area contributed by atoms with Crippen molar-refractivity contribution < 1.29 is 19.4 Å². The lowest BCUT2D eigenvalue weighted by Crippen LogP contribution is -2.35. The van der Waals surface area contributed by atoms with Crippen LogP contribution in [0.25, 0.3) is 0 Å². The zero-order valence-electron chi connectivity index (χ0n) is 18.4. The summed E-state index contributed by atoms with van der Waals surface area (Å²) >= 11 is 0. The number of unbranched alkanes of at least 4 members (excludes halogenated alkanes) is 9. The van der Waals surface area contributed by atoms with Crippen LogP contribution in [0.1, 0.15) is 123 Å². The Balaban J connectivity index is 2.32. The van der Waals surface area contributed by atoms with E-state index < -0.39 is 17.8 Å². The molecule has 0 saturated heterocycles. The van der Waals surface area contributed by atoms with Crippen LogP contribution < -0.4 is 0 Å². The summed E-state index contributed by atoms with van der Waals surface area (Å²) in [5.41, 5.74) is 0. The predicted octanol–water partition coefficient (Wildman–Crippen LogP) is 6.90. The van der Waals surface area contributed by atoms with E-state index in [-0.39, 0.29) is 12.1 Å². The minimum atomic E-state index is -0.842. The summed E-state index contributed by atoms with van der Waals surface area (Å²) in [6.07, 6.45) is 18.6. The molecule has 3 unspecified atom stereocenters. The number of hydrogen-bond donors (Lipinski definition) is 1. The Morgan fingerprint density at radius 2 is 1.29 bits per heavy atom. The Morgan fingerprint density at radius 1 is 0.786 bits per heavy atom. The Morgan fingerprint density at radius 3 is 1.86 bits per heavy atom. The lowest BCUT2D eigenvalue weighted by Gasteiger charge is -2.28. The molecule has 0 radical (unpaired) electrons. The van der Waals surface area contributed by atoms with Crippen molar-refractivity contribution in [2.75, 3.05) is 0 Å². The summed E-state index contributed by atoms with van der Waals surface area (Å²) in [6.45, 7) is 4.40. The van der Waals surface area contributed by atoms with Gasteiger partial charge in [0.2, 0.25) is 0 Å². The van der Waals surface area contributed by atoms with E-state index in [2.05, 4.69) is 13.8 Å². The minimum Gasteiger partial charge on any atom is -0.481 e. The van der Waals surface area contributed by atoms with Crippen LogP contribution in [0, 0.1) is 11.8 Å². The van der Waals surface area contributed by atoms with Crippen molar-refractivity contribution in [3.8, 4) is 0 Å². The third-order valence-electron chi connectivity index (χ3n) is 6.18. The molecule has 1 aliphatic rings. The van der Waals surface area contributed by atoms with Crippen LogP contribution in [-0.4, -0.2) is 23.1 Å². The first-order chi connectivity index (χ1) is 13.6. The summed E-state index contributed by atoms with van der Waals surface area (Å²) in [5, 5.41) is 9.42. The number of hydrogen-bond acceptors (Lipinski definition) is 3. The second-order valence-electron chi connectivity index (χ2n) is 8.65. The standard InChI is InChI=1S/C24H44O4/c1-3-5-7-8-9-10-11-12-13-17-20(16-6-4-2)28-24(27)22-19-15-14-18-21(22)23(25)26/h20-22H,3-19H2,1-2H3,(H,25,26). The monoisotopic (exact) mass is 396 g/mol. The molecule has 0 aromatic carbocycles. The Bertz CT molecular complexity index is 421. The van der Waals surface area contributed by atoms with Gasteiger partial charge in [0, 0.05) is 0 Å². The number of carbonyl (C=O) groups is 2. The highest BCUT2D eigenvalue weighted by Gasteiger charge is 2.37. The van der Waals surface area contributed by atoms with Gasteiger partial charge in [-0.3, -0.25) is 9.59 Å². The van der Waals surface area contributed by atoms with Crippen LogP contribution in [0.15, 0.2) is 0 Å². The van der Waals surface area contributed by atoms with Gasteiger partial charge in [-0.25, -0.2) is 0 Å². The van der Waals surface area contributed by atoms with E-state index in [1.54, 1.807) is 0 Å². The fourth-order valence-corrected chi connectivity index (χ4v) is 4.34. The Kier molecular flexibility index (Phi) is 14.1. The fraction of sp³-hybridized carbons (Fsp3) is 0.917. The molecule has 4 heteroatoms. The average Bonchev–Trinajstić information content (AvgIpc) is 2.70. The molecule has 4 nitrogen and oxygen atoms in total. The van der Waals surface area contributed by atoms with Gasteiger partial charge in [-0.2, -0.15) is 0 Å². The van der Waals surface area contributed by atoms with Crippen molar-refractivity contribution in [3.05, 3.63) is 0 Å². The first-order valence-corrected chi connectivity index (χ1v) is 12.0. The Hall–Kier alpha value is -1.06. The number of aliphatic carboxylic acids is 1. The SMILES string of the molecule is CCCCCCCCCCCC(CCCC)OC(=O)C1CCCCC1C(=O)O. The van der Waals surface area contributed by atoms with E-state index >= 15 is 0 Å². The van der Waals surface area contributed by atoms with Crippen molar-refractivity contribution in [1.29, 1.82) is 0 Å². The number of carboxylic acid groups (broad SMARTS) is 1. The molecule has 0 bridgehead atoms. The summed E-state index contributed by atoms with van der Waals surface area (Å²) < 4.78 is 5.84. The number of carbonyl (C=O) groups excluding carboxylic acids is 1. The van der Waals surface area contributed by atoms with Gasteiger partial charge < -0.3 is 9.84 Å². The topological polar surface area (TPSA) is 63.6 Å². The summed E-state index contributed by atoms with van der Waals surface area (Å²) in [7, 11) is 0. The second kappa shape index (κ2) is 15.8. The lowest BCUT2D eigenvalue weighted by molar-refractivity contribution is -0.164. The van der Waals surface area contributed by atoms with Crippen LogP contribution in [-0.2, 0) is 14.3 Å². The van der Waals surface area contributed by atoms with Gasteiger partial charge in [0.15, 0.2) is 0 Å². The largest absolute Gasteiger partial charge is 0.481 e. The second-order valence-corrected chi connectivity index (χ2v) is 8.65. The Labute approximate surface area is 172 Å². The fourth-order valence-electron chi connectivity index (χ4n) is 4.34. The van der Waals surface area contributed by atoms with Gasteiger partial charge in [-0.1, -0.05) is 90.9 Å². The highest BCUT2D eigenvalue weighted by Crippen LogP contribution is 2.32. The highest BCUT2D eigenvalue weighted by atomic mass is 16.5. The quantitative estimate of drug-likeness (QED) is 0.228. The van der Waals surface area contributed by atoms with Gasteiger partial charge in [-0.15, -0.1) is 0 Å². The van der Waals surface area contributed by atoms with Crippen LogP contribution in [0.3, 0.4) is 0 Å². The van der Waals surface area contributed by atoms with Gasteiger partial charge >= 0.3 is 11.9 Å². The van der Waals surface area contributed by atoms with Crippen molar-refractivity contribution in [1.82, 2.24) is 0 Å². The molecule has 0 heterocycles. The molecule has 1 saturated carbocycles. The third-order valence-corrected chi connectivity index (χ3v) is 6.18. The van der Waals surface area contributed by atoms with E-state index in [0.29, 0.717) is 12.8 Å². The number of carboxylic acids is 1. The molecule has 1 rings (SSSR count). The third kappa shape index (κ3) is 10.5. The number of rotatable bonds is 16. The molecule has 0 aromatic rings. The molecule has 28 heavy (non-hydrogen) atoms. The van der Waals surface area contributed by atoms with E-state index in [1.807, 2.05) is 0 Å². The van der Waals surface area contributed by atoms with Gasteiger partial charge in [0.25, 0.3) is 0 Å². The summed E-state index contributed by atoms with van der Waals surface area (Å²) in [4.78, 5) is 24.1. The molecule has 1 fully saturated rings. The lowest BCUT2D eigenvalue weighted by atomic mass is 9.79. The average molecular weight is 397 g/mol. The van der Waals surface area contributed by atoms with Crippen LogP contribution in [0.4, 0.5) is 0 Å². The first kappa shape index (κ1) is 25.0. The van der Waals surface area contributed by atoms with Crippen molar-refractivity contribution >= 4 is 11.9 Å². The van der Waals surface area contributed by atoms with Crippen LogP contribution in [0.5, 0.6) is 0 Å². The minimum absolute atomic E-state index is 0.0339. The normalized spacial score (nSPS) is 20.6. The molecule has 0 aliphatic heterocycles. The zero-order chi connectivity index (χ0) is 20.6. The predicted molar refractivity (Wildman–Crippen MR) is 114 cm³/mol. The molecule has 164 valence electrons. The zero-order valence-corrected chi connectivity index (χ0v) is 18.4. The van der Waals surface area contributed by atoms with Crippen molar-refractivity contribution in [2.24, 2.45) is 11.8 Å². The molecule has 1 N–H and O–H groups in total. The molecular formula is C24H44O4. The van der Waals surface area contributed by atoms with Crippen LogP contribution in [0.2, 0.25) is 0 Å². The van der Waals surface area contributed by atoms with Gasteiger partial charge in [0.1, 0.15) is 6.10 Å². The van der Waals surface area contributed by atoms with E-state index in [4.69, 9.17) is 4.74 Å². The number of esters is 1. The maximum Gasteiger partial charge on any atom is 0.310 e. The molecule has 3 atom stereocenters. The molecule has 1 aliphatic carbocycles. The van der Waals surface area contributed by atoms with E-state index in [1.165, 1.54) is 51.4 Å². The molecule has 0 amide bonds. The first-order valence-electron chi connectivity index (χ1n) is 12.0. The maximum atomic E-state index is 12.7. The maximum absolute atomic E-state index is 12.7. The highest BCUT2D eigenvalue weighted by molar-refractivity contribution is 5.81. The summed E-state index contributed by atoms with van der Waals surface area (Å²) in [6, 6.07) is 0. The van der Waals surface area contributed by atoms with Crippen LogP contribution >= 0.6 is 0 Å². The van der Waals surface area contributed by atoms with E-state index in [9.17, 15) is 14.7 Å². The molecular weight excluding hydrogens is 352 g/mol. The molecule has 0 aromatic heterocycles. The summed E-state index contributed by atoms with van der Waals surface area (Å²) in [5.74, 6) is -2.10. The van der Waals surface area contributed by atoms with Crippen molar-refractivity contribution in [3.63, 3.8) is 0 Å². The van der Waals surface area contributed by atoms with E-state index in [0.717, 1.165) is 44.9 Å². The molecule has 0 spiro atoms. The van der Waals surface area contributed by atoms with Crippen molar-refractivity contribution in [2.45, 2.75) is 129 Å².